The molecule has 16 heavy (non-hydrogen) atoms. The molecule has 2 rings (SSSR count). The van der Waals surface area contributed by atoms with Crippen molar-refractivity contribution in [1.29, 1.82) is 0 Å². The van der Waals surface area contributed by atoms with Crippen LogP contribution in [0.5, 0.6) is 0 Å². The maximum Gasteiger partial charge on any atom is 0.0558 e. The molecule has 0 saturated carbocycles. The normalized spacial score (nSPS) is 22.2. The minimum Gasteiger partial charge on any atom is -0.296 e. The van der Waals surface area contributed by atoms with Crippen LogP contribution in [0.25, 0.3) is 0 Å². The van der Waals surface area contributed by atoms with E-state index < -0.39 is 0 Å². The predicted molar refractivity (Wildman–Crippen MR) is 71.1 cm³/mol. The van der Waals surface area contributed by atoms with Gasteiger partial charge in [-0.1, -0.05) is 18.5 Å². The van der Waals surface area contributed by atoms with E-state index in [1.807, 2.05) is 12.1 Å². The number of thioether (sulfide) groups is 1. The van der Waals surface area contributed by atoms with Gasteiger partial charge in [0, 0.05) is 41.9 Å². The SMILES string of the molecule is CCC1CN(Cc2cc(Cl)ccn2)CCS1. The number of rotatable bonds is 3. The Balaban J connectivity index is 1.94. The second-order valence-corrected chi connectivity index (χ2v) is 5.95. The molecule has 0 aliphatic carbocycles. The van der Waals surface area contributed by atoms with Crippen molar-refractivity contribution in [2.75, 3.05) is 18.8 Å². The molecule has 88 valence electrons. The maximum atomic E-state index is 5.96. The molecule has 0 spiro atoms. The second kappa shape index (κ2) is 5.89. The molecule has 1 aliphatic heterocycles. The van der Waals surface area contributed by atoms with Crippen molar-refractivity contribution in [1.82, 2.24) is 9.88 Å². The topological polar surface area (TPSA) is 16.1 Å². The molecular weight excluding hydrogens is 240 g/mol. The zero-order chi connectivity index (χ0) is 11.4. The van der Waals surface area contributed by atoms with Gasteiger partial charge in [0.25, 0.3) is 0 Å². The summed E-state index contributed by atoms with van der Waals surface area (Å²) in [5, 5.41) is 1.57. The maximum absolute atomic E-state index is 5.96. The first-order valence-electron chi connectivity index (χ1n) is 5.72. The molecule has 2 heterocycles. The summed E-state index contributed by atoms with van der Waals surface area (Å²) in [5.41, 5.74) is 1.08. The summed E-state index contributed by atoms with van der Waals surface area (Å²) in [6.45, 7) is 5.53. The van der Waals surface area contributed by atoms with Crippen LogP contribution in [0, 0.1) is 0 Å². The van der Waals surface area contributed by atoms with E-state index in [2.05, 4.69) is 28.6 Å². The second-order valence-electron chi connectivity index (χ2n) is 4.10. The Morgan fingerprint density at radius 1 is 1.62 bits per heavy atom. The fourth-order valence-electron chi connectivity index (χ4n) is 1.94. The molecule has 2 nitrogen and oxygen atoms in total. The van der Waals surface area contributed by atoms with E-state index >= 15 is 0 Å². The molecular formula is C12H17ClN2S. The Morgan fingerprint density at radius 3 is 3.25 bits per heavy atom. The molecule has 1 unspecified atom stereocenters. The summed E-state index contributed by atoms with van der Waals surface area (Å²) < 4.78 is 0. The van der Waals surface area contributed by atoms with Crippen LogP contribution in [0.4, 0.5) is 0 Å². The largest absolute Gasteiger partial charge is 0.296 e. The van der Waals surface area contributed by atoms with E-state index in [1.165, 1.54) is 18.7 Å². The van der Waals surface area contributed by atoms with Gasteiger partial charge in [-0.2, -0.15) is 11.8 Å². The summed E-state index contributed by atoms with van der Waals surface area (Å²) in [6, 6.07) is 3.79. The highest BCUT2D eigenvalue weighted by Crippen LogP contribution is 2.22. The summed E-state index contributed by atoms with van der Waals surface area (Å²) in [4.78, 5) is 6.83. The van der Waals surface area contributed by atoms with Gasteiger partial charge < -0.3 is 0 Å². The van der Waals surface area contributed by atoms with Crippen molar-refractivity contribution >= 4 is 23.4 Å². The first-order chi connectivity index (χ1) is 7.78. The molecule has 1 aromatic rings. The number of halogens is 1. The van der Waals surface area contributed by atoms with Crippen molar-refractivity contribution < 1.29 is 0 Å². The highest BCUT2D eigenvalue weighted by molar-refractivity contribution is 8.00. The molecule has 0 amide bonds. The van der Waals surface area contributed by atoms with Crippen LogP contribution in [0.15, 0.2) is 18.3 Å². The number of pyridine rings is 1. The minimum atomic E-state index is 0.781. The third-order valence-electron chi connectivity index (χ3n) is 2.84. The van der Waals surface area contributed by atoms with Gasteiger partial charge in [0.15, 0.2) is 0 Å². The standard InChI is InChI=1S/C12H17ClN2S/c1-2-12-9-15(5-6-16-12)8-11-7-10(13)3-4-14-11/h3-4,7,12H,2,5-6,8-9H2,1H3. The average molecular weight is 257 g/mol. The van der Waals surface area contributed by atoms with Gasteiger partial charge in [-0.05, 0) is 18.6 Å². The number of aromatic nitrogens is 1. The molecule has 1 atom stereocenters. The first-order valence-corrected chi connectivity index (χ1v) is 7.15. The Labute approximate surface area is 106 Å². The van der Waals surface area contributed by atoms with E-state index in [4.69, 9.17) is 11.6 Å². The van der Waals surface area contributed by atoms with Gasteiger partial charge in [0.05, 0.1) is 5.69 Å². The van der Waals surface area contributed by atoms with Crippen LogP contribution in [0.3, 0.4) is 0 Å². The van der Waals surface area contributed by atoms with E-state index in [0.29, 0.717) is 0 Å². The van der Waals surface area contributed by atoms with Crippen molar-refractivity contribution in [2.45, 2.75) is 25.1 Å². The number of hydrogen-bond donors (Lipinski definition) is 0. The zero-order valence-electron chi connectivity index (χ0n) is 9.53. The Morgan fingerprint density at radius 2 is 2.50 bits per heavy atom. The molecule has 0 bridgehead atoms. The molecule has 0 N–H and O–H groups in total. The highest BCUT2D eigenvalue weighted by atomic mass is 35.5. The van der Waals surface area contributed by atoms with Crippen molar-refractivity contribution in [3.8, 4) is 0 Å². The van der Waals surface area contributed by atoms with Gasteiger partial charge in [-0.3, -0.25) is 9.88 Å². The van der Waals surface area contributed by atoms with Crippen molar-refractivity contribution in [3.05, 3.63) is 29.0 Å². The molecule has 4 heteroatoms. The molecule has 1 saturated heterocycles. The fourth-order valence-corrected chi connectivity index (χ4v) is 3.37. The Bertz CT molecular complexity index is 346. The lowest BCUT2D eigenvalue weighted by Crippen LogP contribution is -2.37. The lowest BCUT2D eigenvalue weighted by Gasteiger charge is -2.31. The zero-order valence-corrected chi connectivity index (χ0v) is 11.1. The molecule has 1 aromatic heterocycles. The average Bonchev–Trinajstić information content (AvgIpc) is 2.29. The van der Waals surface area contributed by atoms with Crippen LogP contribution >= 0.6 is 23.4 Å². The lowest BCUT2D eigenvalue weighted by atomic mass is 10.2. The smallest absolute Gasteiger partial charge is 0.0558 e. The van der Waals surface area contributed by atoms with Gasteiger partial charge in [-0.15, -0.1) is 0 Å². The van der Waals surface area contributed by atoms with Crippen LogP contribution in [0.1, 0.15) is 19.0 Å². The lowest BCUT2D eigenvalue weighted by molar-refractivity contribution is 0.270. The summed E-state index contributed by atoms with van der Waals surface area (Å²) in [7, 11) is 0. The van der Waals surface area contributed by atoms with Crippen LogP contribution in [-0.4, -0.2) is 34.0 Å². The molecule has 1 fully saturated rings. The van der Waals surface area contributed by atoms with Crippen molar-refractivity contribution in [2.24, 2.45) is 0 Å². The third-order valence-corrected chi connectivity index (χ3v) is 4.45. The van der Waals surface area contributed by atoms with Crippen LogP contribution < -0.4 is 0 Å². The monoisotopic (exact) mass is 256 g/mol. The van der Waals surface area contributed by atoms with Gasteiger partial charge in [0.2, 0.25) is 0 Å². The quantitative estimate of drug-likeness (QED) is 0.827. The van der Waals surface area contributed by atoms with E-state index in [-0.39, 0.29) is 0 Å². The summed E-state index contributed by atoms with van der Waals surface area (Å²) >= 11 is 8.05. The fraction of sp³-hybridized carbons (Fsp3) is 0.583. The van der Waals surface area contributed by atoms with Gasteiger partial charge in [-0.25, -0.2) is 0 Å². The summed E-state index contributed by atoms with van der Waals surface area (Å²) in [6.07, 6.45) is 3.04. The van der Waals surface area contributed by atoms with E-state index in [1.54, 1.807) is 6.20 Å². The Hall–Kier alpha value is -0.250. The van der Waals surface area contributed by atoms with Crippen LogP contribution in [-0.2, 0) is 6.54 Å². The minimum absolute atomic E-state index is 0.781. The third kappa shape index (κ3) is 3.37. The molecule has 1 aliphatic rings. The van der Waals surface area contributed by atoms with E-state index in [0.717, 1.165) is 29.1 Å². The van der Waals surface area contributed by atoms with Crippen LogP contribution in [0.2, 0.25) is 5.02 Å². The first kappa shape index (κ1) is 12.2. The highest BCUT2D eigenvalue weighted by Gasteiger charge is 2.19. The predicted octanol–water partition coefficient (Wildman–Crippen LogP) is 3.06. The van der Waals surface area contributed by atoms with Crippen molar-refractivity contribution in [3.63, 3.8) is 0 Å². The Kier molecular flexibility index (Phi) is 4.50. The number of nitrogens with zero attached hydrogens (tertiary/aromatic N) is 2. The van der Waals surface area contributed by atoms with Gasteiger partial charge >= 0.3 is 0 Å². The molecule has 0 radical (unpaired) electrons. The van der Waals surface area contributed by atoms with Gasteiger partial charge in [0.1, 0.15) is 0 Å². The van der Waals surface area contributed by atoms with E-state index in [9.17, 15) is 0 Å². The number of hydrogen-bond acceptors (Lipinski definition) is 3. The molecule has 0 aromatic carbocycles. The summed E-state index contributed by atoms with van der Waals surface area (Å²) in [5.74, 6) is 1.24.